The van der Waals surface area contributed by atoms with Crippen LogP contribution in [0.4, 0.5) is 18.9 Å². The third-order valence-corrected chi connectivity index (χ3v) is 3.76. The molecule has 1 aliphatic carbocycles. The summed E-state index contributed by atoms with van der Waals surface area (Å²) in [7, 11) is 0. The molecule has 0 saturated heterocycles. The van der Waals surface area contributed by atoms with E-state index in [0.717, 1.165) is 24.3 Å². The standard InChI is InChI=1S/C16H8ClF3N2O2/c17-11-13(15(24)12-10(14(11)23)2-1-7-21-12)22-9-5-3-8(4-6-9)16(18,19)20/h1-7,22H. The van der Waals surface area contributed by atoms with Gasteiger partial charge in [-0.3, -0.25) is 14.6 Å². The molecular weight excluding hydrogens is 345 g/mol. The van der Waals surface area contributed by atoms with Crippen LogP contribution < -0.4 is 5.32 Å². The number of benzene rings is 1. The van der Waals surface area contributed by atoms with Gasteiger partial charge in [-0.25, -0.2) is 0 Å². The number of ketones is 2. The van der Waals surface area contributed by atoms with Gasteiger partial charge in [0.2, 0.25) is 11.6 Å². The first-order valence-electron chi connectivity index (χ1n) is 6.67. The Bertz CT molecular complexity index is 874. The second-order valence-corrected chi connectivity index (χ2v) is 5.32. The number of nitrogens with zero attached hydrogens (tertiary/aromatic N) is 1. The van der Waals surface area contributed by atoms with Gasteiger partial charge >= 0.3 is 6.18 Å². The van der Waals surface area contributed by atoms with Crippen molar-refractivity contribution in [1.29, 1.82) is 0 Å². The first-order chi connectivity index (χ1) is 11.3. The fraction of sp³-hybridized carbons (Fsp3) is 0.0625. The van der Waals surface area contributed by atoms with E-state index in [1.54, 1.807) is 0 Å². The predicted octanol–water partition coefficient (Wildman–Crippen LogP) is 4.04. The summed E-state index contributed by atoms with van der Waals surface area (Å²) in [6, 6.07) is 6.94. The van der Waals surface area contributed by atoms with Crippen molar-refractivity contribution in [2.45, 2.75) is 6.18 Å². The molecule has 0 saturated carbocycles. The van der Waals surface area contributed by atoms with E-state index < -0.39 is 23.3 Å². The van der Waals surface area contributed by atoms with Gasteiger partial charge in [0.25, 0.3) is 0 Å². The lowest BCUT2D eigenvalue weighted by atomic mass is 9.97. The second kappa shape index (κ2) is 5.76. The first-order valence-corrected chi connectivity index (χ1v) is 7.05. The Morgan fingerprint density at radius 3 is 2.29 bits per heavy atom. The lowest BCUT2D eigenvalue weighted by molar-refractivity contribution is -0.137. The van der Waals surface area contributed by atoms with Crippen LogP contribution in [0.15, 0.2) is 53.3 Å². The van der Waals surface area contributed by atoms with Crippen LogP contribution in [0.25, 0.3) is 0 Å². The minimum absolute atomic E-state index is 0.0543. The van der Waals surface area contributed by atoms with Crippen molar-refractivity contribution < 1.29 is 22.8 Å². The number of hydrogen-bond acceptors (Lipinski definition) is 4. The summed E-state index contributed by atoms with van der Waals surface area (Å²) in [6.07, 6.45) is -3.10. The van der Waals surface area contributed by atoms with Crippen molar-refractivity contribution in [1.82, 2.24) is 4.98 Å². The van der Waals surface area contributed by atoms with Crippen LogP contribution in [0, 0.1) is 0 Å². The van der Waals surface area contributed by atoms with E-state index in [-0.39, 0.29) is 27.7 Å². The number of pyridine rings is 1. The number of Topliss-reactive ketones (excluding diaryl/α,β-unsaturated/α-hetero) is 2. The highest BCUT2D eigenvalue weighted by Gasteiger charge is 2.33. The predicted molar refractivity (Wildman–Crippen MR) is 80.8 cm³/mol. The maximum atomic E-state index is 12.6. The van der Waals surface area contributed by atoms with E-state index in [4.69, 9.17) is 11.6 Å². The average molecular weight is 353 g/mol. The SMILES string of the molecule is O=C1C(Cl)=C(Nc2ccc(C(F)(F)F)cc2)C(=O)c2ncccc21. The molecule has 4 nitrogen and oxygen atoms in total. The molecule has 122 valence electrons. The van der Waals surface area contributed by atoms with Gasteiger partial charge in [0, 0.05) is 11.9 Å². The lowest BCUT2D eigenvalue weighted by Gasteiger charge is -2.18. The third-order valence-electron chi connectivity index (χ3n) is 3.39. The highest BCUT2D eigenvalue weighted by molar-refractivity contribution is 6.50. The molecule has 0 amide bonds. The Kier molecular flexibility index (Phi) is 3.88. The average Bonchev–Trinajstić information content (AvgIpc) is 2.56. The third kappa shape index (κ3) is 2.78. The molecule has 0 radical (unpaired) electrons. The molecule has 0 atom stereocenters. The quantitative estimate of drug-likeness (QED) is 0.886. The molecule has 1 N–H and O–H groups in total. The summed E-state index contributed by atoms with van der Waals surface area (Å²) >= 11 is 5.95. The summed E-state index contributed by atoms with van der Waals surface area (Å²) in [6.45, 7) is 0. The number of allylic oxidation sites excluding steroid dienone is 2. The molecule has 2 aromatic rings. The zero-order valence-electron chi connectivity index (χ0n) is 11.8. The van der Waals surface area contributed by atoms with E-state index in [1.807, 2.05) is 0 Å². The lowest BCUT2D eigenvalue weighted by Crippen LogP contribution is -2.25. The van der Waals surface area contributed by atoms with Gasteiger partial charge in [0.05, 0.1) is 11.1 Å². The molecule has 0 unspecified atom stereocenters. The molecule has 8 heteroatoms. The van der Waals surface area contributed by atoms with Crippen molar-refractivity contribution >= 4 is 28.9 Å². The number of anilines is 1. The molecule has 24 heavy (non-hydrogen) atoms. The maximum Gasteiger partial charge on any atom is 0.416 e. The zero-order chi connectivity index (χ0) is 17.5. The highest BCUT2D eigenvalue weighted by Crippen LogP contribution is 2.31. The largest absolute Gasteiger partial charge is 0.416 e. The number of hydrogen-bond donors (Lipinski definition) is 1. The van der Waals surface area contributed by atoms with Gasteiger partial charge in [-0.2, -0.15) is 13.2 Å². The van der Waals surface area contributed by atoms with Crippen molar-refractivity contribution in [2.75, 3.05) is 5.32 Å². The molecule has 0 aliphatic heterocycles. The summed E-state index contributed by atoms with van der Waals surface area (Å²) in [4.78, 5) is 28.5. The Morgan fingerprint density at radius 2 is 1.67 bits per heavy atom. The number of fused-ring (bicyclic) bond motifs is 1. The molecule has 1 aliphatic rings. The Balaban J connectivity index is 1.94. The van der Waals surface area contributed by atoms with Crippen molar-refractivity contribution in [3.8, 4) is 0 Å². The van der Waals surface area contributed by atoms with E-state index >= 15 is 0 Å². The van der Waals surface area contributed by atoms with Gasteiger partial charge in [-0.1, -0.05) is 11.6 Å². The number of aromatic nitrogens is 1. The maximum absolute atomic E-state index is 12.6. The van der Waals surface area contributed by atoms with Crippen molar-refractivity contribution in [3.63, 3.8) is 0 Å². The van der Waals surface area contributed by atoms with E-state index in [9.17, 15) is 22.8 Å². The van der Waals surface area contributed by atoms with Crippen molar-refractivity contribution in [2.24, 2.45) is 0 Å². The van der Waals surface area contributed by atoms with Crippen LogP contribution in [0.1, 0.15) is 26.4 Å². The molecule has 1 heterocycles. The first kappa shape index (κ1) is 16.2. The molecule has 3 rings (SSSR count). The van der Waals surface area contributed by atoms with Gasteiger partial charge in [-0.15, -0.1) is 0 Å². The van der Waals surface area contributed by atoms with Crippen LogP contribution in [-0.4, -0.2) is 16.6 Å². The van der Waals surface area contributed by atoms with Crippen LogP contribution >= 0.6 is 11.6 Å². The molecule has 0 bridgehead atoms. The Morgan fingerprint density at radius 1 is 1.00 bits per heavy atom. The number of alkyl halides is 3. The van der Waals surface area contributed by atoms with E-state index in [0.29, 0.717) is 0 Å². The van der Waals surface area contributed by atoms with Crippen LogP contribution in [0.5, 0.6) is 0 Å². The molecule has 0 fully saturated rings. The van der Waals surface area contributed by atoms with Crippen LogP contribution in [0.3, 0.4) is 0 Å². The number of carbonyl (C=O) groups excluding carboxylic acids is 2. The van der Waals surface area contributed by atoms with Gasteiger partial charge in [0.1, 0.15) is 16.4 Å². The topological polar surface area (TPSA) is 59.1 Å². The summed E-state index contributed by atoms with van der Waals surface area (Å²) < 4.78 is 37.7. The van der Waals surface area contributed by atoms with Crippen molar-refractivity contribution in [3.05, 3.63) is 70.1 Å². The zero-order valence-corrected chi connectivity index (χ0v) is 12.6. The number of halogens is 4. The number of nitrogens with one attached hydrogen (secondary N) is 1. The monoisotopic (exact) mass is 352 g/mol. The van der Waals surface area contributed by atoms with Crippen LogP contribution in [-0.2, 0) is 6.18 Å². The minimum Gasteiger partial charge on any atom is -0.351 e. The van der Waals surface area contributed by atoms with E-state index in [2.05, 4.69) is 10.3 Å². The number of rotatable bonds is 2. The normalized spacial score (nSPS) is 14.7. The van der Waals surface area contributed by atoms with Crippen LogP contribution in [0.2, 0.25) is 0 Å². The fourth-order valence-electron chi connectivity index (χ4n) is 2.22. The summed E-state index contributed by atoms with van der Waals surface area (Å²) in [5, 5.41) is 2.27. The molecule has 1 aromatic carbocycles. The number of carbonyl (C=O) groups is 2. The Labute approximate surface area is 139 Å². The molecule has 1 aromatic heterocycles. The smallest absolute Gasteiger partial charge is 0.351 e. The van der Waals surface area contributed by atoms with Gasteiger partial charge < -0.3 is 5.32 Å². The fourth-order valence-corrected chi connectivity index (χ4v) is 2.45. The summed E-state index contributed by atoms with van der Waals surface area (Å²) in [5.41, 5.74) is -0.817. The molecular formula is C16H8ClF3N2O2. The van der Waals surface area contributed by atoms with Gasteiger partial charge in [0.15, 0.2) is 0 Å². The van der Waals surface area contributed by atoms with Gasteiger partial charge in [-0.05, 0) is 36.4 Å². The molecule has 0 spiro atoms. The minimum atomic E-state index is -4.46. The second-order valence-electron chi connectivity index (χ2n) is 4.95. The Hall–Kier alpha value is -2.67. The highest BCUT2D eigenvalue weighted by atomic mass is 35.5. The summed E-state index contributed by atoms with van der Waals surface area (Å²) in [5.74, 6) is -1.18. The van der Waals surface area contributed by atoms with E-state index in [1.165, 1.54) is 18.3 Å².